The minimum atomic E-state index is -0.475. The van der Waals surface area contributed by atoms with Crippen molar-refractivity contribution >= 4 is 11.4 Å². The molecule has 1 aliphatic carbocycles. The first kappa shape index (κ1) is 13.3. The molecular formula is C14H17N3O2. The molecule has 1 fully saturated rings. The number of nitriles is 1. The third kappa shape index (κ3) is 3.22. The molecule has 0 unspecified atom stereocenters. The Morgan fingerprint density at radius 2 is 1.95 bits per heavy atom. The van der Waals surface area contributed by atoms with Crippen LogP contribution in [0.4, 0.5) is 11.4 Å². The summed E-state index contributed by atoms with van der Waals surface area (Å²) in [5, 5.41) is 23.3. The van der Waals surface area contributed by atoms with Crippen LogP contribution in [-0.2, 0) is 0 Å². The molecular weight excluding hydrogens is 242 g/mol. The summed E-state index contributed by atoms with van der Waals surface area (Å²) < 4.78 is 0. The van der Waals surface area contributed by atoms with Crippen LogP contribution >= 0.6 is 0 Å². The monoisotopic (exact) mass is 259 g/mol. The number of para-hydroxylation sites is 1. The number of nitro benzene ring substituents is 1. The molecule has 1 saturated carbocycles. The van der Waals surface area contributed by atoms with E-state index in [1.807, 2.05) is 6.07 Å². The van der Waals surface area contributed by atoms with E-state index in [4.69, 9.17) is 5.26 Å². The Morgan fingerprint density at radius 1 is 1.26 bits per heavy atom. The van der Waals surface area contributed by atoms with E-state index in [1.165, 1.54) is 18.9 Å². The molecule has 2 rings (SSSR count). The fraction of sp³-hybridized carbons (Fsp3) is 0.500. The zero-order chi connectivity index (χ0) is 13.7. The third-order valence-corrected chi connectivity index (χ3v) is 3.55. The van der Waals surface area contributed by atoms with E-state index in [1.54, 1.807) is 12.1 Å². The van der Waals surface area contributed by atoms with Crippen molar-refractivity contribution < 1.29 is 4.92 Å². The molecule has 0 spiro atoms. The molecule has 1 aromatic carbocycles. The van der Waals surface area contributed by atoms with E-state index < -0.39 is 4.92 Å². The second kappa shape index (κ2) is 6.19. The highest BCUT2D eigenvalue weighted by molar-refractivity contribution is 5.68. The Hall–Kier alpha value is -2.09. The van der Waals surface area contributed by atoms with Crippen molar-refractivity contribution in [2.45, 2.75) is 44.6 Å². The zero-order valence-corrected chi connectivity index (χ0v) is 10.8. The van der Waals surface area contributed by atoms with Gasteiger partial charge >= 0.3 is 5.69 Å². The van der Waals surface area contributed by atoms with E-state index in [2.05, 4.69) is 5.32 Å². The second-order valence-electron chi connectivity index (χ2n) is 4.90. The lowest BCUT2D eigenvalue weighted by atomic mass is 10.1. The van der Waals surface area contributed by atoms with Crippen LogP contribution in [-0.4, -0.2) is 11.0 Å². The molecule has 0 aliphatic heterocycles. The molecule has 0 aromatic heterocycles. The third-order valence-electron chi connectivity index (χ3n) is 3.55. The number of nitrogens with zero attached hydrogens (tertiary/aromatic N) is 2. The summed E-state index contributed by atoms with van der Waals surface area (Å²) in [5.41, 5.74) is 0.480. The summed E-state index contributed by atoms with van der Waals surface area (Å²) in [5.74, 6) is 0. The minimum absolute atomic E-state index is 0.103. The van der Waals surface area contributed by atoms with Gasteiger partial charge in [-0.3, -0.25) is 10.1 Å². The van der Waals surface area contributed by atoms with Crippen LogP contribution < -0.4 is 5.32 Å². The number of anilines is 1. The molecule has 1 aliphatic rings. The molecule has 0 saturated heterocycles. The average molecular weight is 259 g/mol. The molecule has 0 radical (unpaired) electrons. The van der Waals surface area contributed by atoms with Gasteiger partial charge in [0.2, 0.25) is 0 Å². The normalized spacial score (nSPS) is 16.4. The van der Waals surface area contributed by atoms with Crippen molar-refractivity contribution in [2.24, 2.45) is 0 Å². The number of hydrogen-bond acceptors (Lipinski definition) is 4. The quantitative estimate of drug-likeness (QED) is 0.511. The largest absolute Gasteiger partial charge is 0.377 e. The molecule has 0 bridgehead atoms. The Bertz CT molecular complexity index is 500. The second-order valence-corrected chi connectivity index (χ2v) is 4.90. The number of nitrogens with one attached hydrogen (secondary N) is 1. The summed E-state index contributed by atoms with van der Waals surface area (Å²) in [6.07, 6.45) is 6.85. The molecule has 0 heterocycles. The van der Waals surface area contributed by atoms with Crippen LogP contribution in [0, 0.1) is 21.4 Å². The number of hydrogen-bond donors (Lipinski definition) is 1. The highest BCUT2D eigenvalue weighted by Crippen LogP contribution is 2.30. The molecule has 0 atom stereocenters. The van der Waals surface area contributed by atoms with Crippen molar-refractivity contribution in [3.05, 3.63) is 33.9 Å². The Balaban J connectivity index is 2.24. The van der Waals surface area contributed by atoms with Gasteiger partial charge in [0.1, 0.15) is 17.3 Å². The summed E-state index contributed by atoms with van der Waals surface area (Å²) in [4.78, 5) is 10.7. The number of rotatable bonds is 3. The van der Waals surface area contributed by atoms with Gasteiger partial charge in [0.25, 0.3) is 0 Å². The van der Waals surface area contributed by atoms with Crippen LogP contribution in [0.15, 0.2) is 18.2 Å². The van der Waals surface area contributed by atoms with Crippen LogP contribution in [0.2, 0.25) is 0 Å². The van der Waals surface area contributed by atoms with Gasteiger partial charge in [-0.15, -0.1) is 0 Å². The molecule has 100 valence electrons. The maximum atomic E-state index is 11.1. The molecule has 0 amide bonds. The maximum absolute atomic E-state index is 11.1. The smallest absolute Gasteiger partial charge is 0.309 e. The van der Waals surface area contributed by atoms with Gasteiger partial charge in [0.15, 0.2) is 0 Å². The topological polar surface area (TPSA) is 79.0 Å². The first-order chi connectivity index (χ1) is 9.22. The lowest BCUT2D eigenvalue weighted by Gasteiger charge is -2.17. The average Bonchev–Trinajstić information content (AvgIpc) is 2.66. The minimum Gasteiger partial charge on any atom is -0.377 e. The fourth-order valence-electron chi connectivity index (χ4n) is 2.59. The SMILES string of the molecule is N#Cc1cccc(NC2CCCCCC2)c1[N+](=O)[O-]. The summed E-state index contributed by atoms with van der Waals surface area (Å²) >= 11 is 0. The van der Waals surface area contributed by atoms with Gasteiger partial charge in [-0.1, -0.05) is 31.7 Å². The molecule has 5 heteroatoms. The van der Waals surface area contributed by atoms with E-state index in [-0.39, 0.29) is 17.3 Å². The van der Waals surface area contributed by atoms with Gasteiger partial charge in [0.05, 0.1) is 4.92 Å². The fourth-order valence-corrected chi connectivity index (χ4v) is 2.59. The standard InChI is InChI=1S/C14H17N3O2/c15-10-11-6-5-9-13(14(11)17(18)19)16-12-7-3-1-2-4-8-12/h5-6,9,12,16H,1-4,7-8H2. The molecule has 5 nitrogen and oxygen atoms in total. The maximum Gasteiger partial charge on any atom is 0.309 e. The zero-order valence-electron chi connectivity index (χ0n) is 10.8. The van der Waals surface area contributed by atoms with E-state index >= 15 is 0 Å². The lowest BCUT2D eigenvalue weighted by molar-refractivity contribution is -0.384. The van der Waals surface area contributed by atoms with Crippen molar-refractivity contribution in [1.82, 2.24) is 0 Å². The van der Waals surface area contributed by atoms with Gasteiger partial charge in [-0.05, 0) is 25.0 Å². The number of benzene rings is 1. The van der Waals surface area contributed by atoms with Gasteiger partial charge in [-0.25, -0.2) is 0 Å². The van der Waals surface area contributed by atoms with E-state index in [9.17, 15) is 10.1 Å². The van der Waals surface area contributed by atoms with Crippen LogP contribution in [0.5, 0.6) is 0 Å². The van der Waals surface area contributed by atoms with Crippen LogP contribution in [0.3, 0.4) is 0 Å². The Morgan fingerprint density at radius 3 is 2.53 bits per heavy atom. The van der Waals surface area contributed by atoms with E-state index in [0.29, 0.717) is 5.69 Å². The first-order valence-corrected chi connectivity index (χ1v) is 6.66. The highest BCUT2D eigenvalue weighted by atomic mass is 16.6. The van der Waals surface area contributed by atoms with Crippen LogP contribution in [0.1, 0.15) is 44.1 Å². The number of nitro groups is 1. The molecule has 19 heavy (non-hydrogen) atoms. The first-order valence-electron chi connectivity index (χ1n) is 6.66. The Labute approximate surface area is 112 Å². The molecule has 1 N–H and O–H groups in total. The Kier molecular flexibility index (Phi) is 4.35. The van der Waals surface area contributed by atoms with E-state index in [0.717, 1.165) is 25.7 Å². The van der Waals surface area contributed by atoms with Gasteiger partial charge in [0, 0.05) is 6.04 Å². The van der Waals surface area contributed by atoms with Crippen molar-refractivity contribution in [3.8, 4) is 6.07 Å². The van der Waals surface area contributed by atoms with Crippen molar-refractivity contribution in [3.63, 3.8) is 0 Å². The summed E-state index contributed by atoms with van der Waals surface area (Å²) in [7, 11) is 0. The van der Waals surface area contributed by atoms with Gasteiger partial charge < -0.3 is 5.32 Å². The summed E-state index contributed by atoms with van der Waals surface area (Å²) in [6.45, 7) is 0. The van der Waals surface area contributed by atoms with Crippen molar-refractivity contribution in [1.29, 1.82) is 5.26 Å². The highest BCUT2D eigenvalue weighted by Gasteiger charge is 2.22. The predicted molar refractivity (Wildman–Crippen MR) is 72.9 cm³/mol. The molecule has 1 aromatic rings. The van der Waals surface area contributed by atoms with Crippen molar-refractivity contribution in [2.75, 3.05) is 5.32 Å². The van der Waals surface area contributed by atoms with Crippen LogP contribution in [0.25, 0.3) is 0 Å². The lowest BCUT2D eigenvalue weighted by Crippen LogP contribution is -2.19. The predicted octanol–water partition coefficient (Wildman–Crippen LogP) is 3.60. The summed E-state index contributed by atoms with van der Waals surface area (Å²) in [6, 6.07) is 7.01. The van der Waals surface area contributed by atoms with Gasteiger partial charge in [-0.2, -0.15) is 5.26 Å².